The summed E-state index contributed by atoms with van der Waals surface area (Å²) in [6.07, 6.45) is 7.43. The lowest BCUT2D eigenvalue weighted by Crippen LogP contribution is -2.57. The number of carboxylic acid groups (broad SMARTS) is 1. The molecule has 0 aromatic rings. The molecule has 1 spiro atoms. The Balaban J connectivity index is 1.27. The summed E-state index contributed by atoms with van der Waals surface area (Å²) >= 11 is 0. The van der Waals surface area contributed by atoms with Crippen LogP contribution in [0.1, 0.15) is 44.9 Å². The van der Waals surface area contributed by atoms with Gasteiger partial charge in [0.15, 0.2) is 0 Å². The summed E-state index contributed by atoms with van der Waals surface area (Å²) < 4.78 is 0. The third-order valence-electron chi connectivity index (χ3n) is 7.41. The van der Waals surface area contributed by atoms with Gasteiger partial charge in [0, 0.05) is 44.2 Å². The maximum atomic E-state index is 12.1. The highest BCUT2D eigenvalue weighted by molar-refractivity contribution is 5.74. The van der Waals surface area contributed by atoms with Crippen LogP contribution in [0.15, 0.2) is 0 Å². The van der Waals surface area contributed by atoms with Crippen molar-refractivity contribution >= 4 is 12.1 Å². The second kappa shape index (κ2) is 6.91. The molecule has 4 rings (SSSR count). The molecule has 3 amide bonds. The number of urea groups is 1. The van der Waals surface area contributed by atoms with E-state index >= 15 is 0 Å². The van der Waals surface area contributed by atoms with Crippen molar-refractivity contribution in [1.82, 2.24) is 20.0 Å². The first-order valence-corrected chi connectivity index (χ1v) is 10.2. The molecular formula is C19H32N4O3. The minimum atomic E-state index is -0.767. The van der Waals surface area contributed by atoms with Gasteiger partial charge in [-0.1, -0.05) is 0 Å². The number of hydrogen-bond donors (Lipinski definition) is 2. The molecule has 4 fully saturated rings. The summed E-state index contributed by atoms with van der Waals surface area (Å²) in [5.74, 6) is 0.632. The van der Waals surface area contributed by atoms with E-state index in [0.717, 1.165) is 52.0 Å². The van der Waals surface area contributed by atoms with Gasteiger partial charge in [-0.25, -0.2) is 9.59 Å². The van der Waals surface area contributed by atoms with E-state index in [-0.39, 0.29) is 11.4 Å². The zero-order valence-corrected chi connectivity index (χ0v) is 15.8. The van der Waals surface area contributed by atoms with Crippen molar-refractivity contribution in [3.63, 3.8) is 0 Å². The molecule has 1 unspecified atom stereocenters. The van der Waals surface area contributed by atoms with E-state index in [0.29, 0.717) is 18.0 Å². The first kappa shape index (κ1) is 17.9. The van der Waals surface area contributed by atoms with Gasteiger partial charge in [0.1, 0.15) is 0 Å². The van der Waals surface area contributed by atoms with Crippen LogP contribution in [0.2, 0.25) is 0 Å². The van der Waals surface area contributed by atoms with Crippen molar-refractivity contribution in [3.8, 4) is 0 Å². The number of likely N-dealkylation sites (tertiary alicyclic amines) is 3. The summed E-state index contributed by atoms with van der Waals surface area (Å²) in [4.78, 5) is 29.4. The Morgan fingerprint density at radius 3 is 2.46 bits per heavy atom. The number of carbonyl (C=O) groups excluding carboxylic acids is 1. The van der Waals surface area contributed by atoms with Gasteiger partial charge >= 0.3 is 12.1 Å². The molecule has 3 heterocycles. The quantitative estimate of drug-likeness (QED) is 0.786. The predicted molar refractivity (Wildman–Crippen MR) is 98.2 cm³/mol. The predicted octanol–water partition coefficient (Wildman–Crippen LogP) is 2.03. The highest BCUT2D eigenvalue weighted by atomic mass is 16.4. The van der Waals surface area contributed by atoms with Crippen molar-refractivity contribution in [2.24, 2.45) is 11.3 Å². The Labute approximate surface area is 155 Å². The molecule has 0 radical (unpaired) electrons. The van der Waals surface area contributed by atoms with Gasteiger partial charge in [-0.15, -0.1) is 0 Å². The number of nitrogens with zero attached hydrogens (tertiary/aromatic N) is 3. The van der Waals surface area contributed by atoms with E-state index in [4.69, 9.17) is 5.11 Å². The number of rotatable bonds is 2. The van der Waals surface area contributed by atoms with Gasteiger partial charge in [0.2, 0.25) is 0 Å². The maximum Gasteiger partial charge on any atom is 0.407 e. The molecular weight excluding hydrogens is 332 g/mol. The molecule has 2 N–H and O–H groups in total. The van der Waals surface area contributed by atoms with E-state index in [1.165, 1.54) is 25.7 Å². The highest BCUT2D eigenvalue weighted by Crippen LogP contribution is 2.47. The normalized spacial score (nSPS) is 32.0. The lowest BCUT2D eigenvalue weighted by molar-refractivity contribution is 0.00675. The Morgan fingerprint density at radius 1 is 1.08 bits per heavy atom. The fourth-order valence-corrected chi connectivity index (χ4v) is 6.02. The molecule has 3 saturated heterocycles. The standard InChI is InChI=1S/C19H32N4O3/c1-20-17(24)23-8-2-3-16(23)14-5-9-21(10-6-14)15-4-7-19(11-15)12-22(13-19)18(25)26/h14-16H,2-13H2,1H3,(H,20,24)(H,25,26)/t15?,16-/m0/s1. The minimum absolute atomic E-state index is 0.0839. The van der Waals surface area contributed by atoms with Crippen LogP contribution < -0.4 is 5.32 Å². The summed E-state index contributed by atoms with van der Waals surface area (Å²) in [6.45, 7) is 4.63. The van der Waals surface area contributed by atoms with E-state index in [1.54, 1.807) is 11.9 Å². The average Bonchev–Trinajstić information content (AvgIpc) is 3.27. The first-order valence-electron chi connectivity index (χ1n) is 10.2. The van der Waals surface area contributed by atoms with Crippen LogP contribution in [-0.4, -0.2) is 83.8 Å². The molecule has 3 aliphatic heterocycles. The summed E-state index contributed by atoms with van der Waals surface area (Å²) in [5, 5.41) is 11.9. The topological polar surface area (TPSA) is 76.1 Å². The third kappa shape index (κ3) is 3.15. The third-order valence-corrected chi connectivity index (χ3v) is 7.41. The number of amides is 3. The van der Waals surface area contributed by atoms with Gasteiger partial charge in [-0.2, -0.15) is 0 Å². The fourth-order valence-electron chi connectivity index (χ4n) is 6.02. The molecule has 146 valence electrons. The molecule has 7 nitrogen and oxygen atoms in total. The Morgan fingerprint density at radius 2 is 1.81 bits per heavy atom. The van der Waals surface area contributed by atoms with Gasteiger partial charge in [0.05, 0.1) is 0 Å². The van der Waals surface area contributed by atoms with Crippen molar-refractivity contribution < 1.29 is 14.7 Å². The van der Waals surface area contributed by atoms with Crippen molar-refractivity contribution in [2.45, 2.75) is 57.0 Å². The lowest BCUT2D eigenvalue weighted by atomic mass is 9.78. The Bertz CT molecular complexity index is 555. The van der Waals surface area contributed by atoms with Gasteiger partial charge in [-0.05, 0) is 64.0 Å². The van der Waals surface area contributed by atoms with E-state index in [1.807, 2.05) is 0 Å². The summed E-state index contributed by atoms with van der Waals surface area (Å²) in [6, 6.07) is 1.13. The van der Waals surface area contributed by atoms with E-state index in [9.17, 15) is 9.59 Å². The van der Waals surface area contributed by atoms with Crippen molar-refractivity contribution in [3.05, 3.63) is 0 Å². The number of nitrogens with one attached hydrogen (secondary N) is 1. The maximum absolute atomic E-state index is 12.1. The zero-order chi connectivity index (χ0) is 18.3. The Hall–Kier alpha value is -1.50. The minimum Gasteiger partial charge on any atom is -0.465 e. The Kier molecular flexibility index (Phi) is 4.75. The highest BCUT2D eigenvalue weighted by Gasteiger charge is 2.51. The van der Waals surface area contributed by atoms with Crippen LogP contribution in [0, 0.1) is 11.3 Å². The zero-order valence-electron chi connectivity index (χ0n) is 15.8. The molecule has 0 aromatic carbocycles. The molecule has 1 saturated carbocycles. The molecule has 2 atom stereocenters. The van der Waals surface area contributed by atoms with Crippen molar-refractivity contribution in [1.29, 1.82) is 0 Å². The van der Waals surface area contributed by atoms with Gasteiger partial charge in [0.25, 0.3) is 0 Å². The van der Waals surface area contributed by atoms with Gasteiger partial charge in [-0.3, -0.25) is 0 Å². The van der Waals surface area contributed by atoms with Crippen LogP contribution in [0.5, 0.6) is 0 Å². The first-order chi connectivity index (χ1) is 12.5. The number of carbonyl (C=O) groups is 2. The van der Waals surface area contributed by atoms with Crippen LogP contribution in [0.4, 0.5) is 9.59 Å². The SMILES string of the molecule is CNC(=O)N1CCC[C@H]1C1CCN(C2CCC3(C2)CN(C(=O)O)C3)CC1. The number of piperidine rings is 1. The monoisotopic (exact) mass is 364 g/mol. The molecule has 4 aliphatic rings. The second-order valence-corrected chi connectivity index (χ2v) is 8.87. The van der Waals surface area contributed by atoms with E-state index < -0.39 is 6.09 Å². The molecule has 1 aliphatic carbocycles. The second-order valence-electron chi connectivity index (χ2n) is 8.87. The van der Waals surface area contributed by atoms with Crippen LogP contribution in [0.3, 0.4) is 0 Å². The average molecular weight is 364 g/mol. The smallest absolute Gasteiger partial charge is 0.407 e. The van der Waals surface area contributed by atoms with Crippen LogP contribution >= 0.6 is 0 Å². The summed E-state index contributed by atoms with van der Waals surface area (Å²) in [5.41, 5.74) is 0.265. The molecule has 0 aromatic heterocycles. The van der Waals surface area contributed by atoms with Crippen LogP contribution in [-0.2, 0) is 0 Å². The van der Waals surface area contributed by atoms with Gasteiger partial charge < -0.3 is 25.1 Å². The number of hydrogen-bond acceptors (Lipinski definition) is 3. The van der Waals surface area contributed by atoms with E-state index in [2.05, 4.69) is 15.1 Å². The lowest BCUT2D eigenvalue weighted by Gasteiger charge is -2.47. The van der Waals surface area contributed by atoms with Crippen LogP contribution in [0.25, 0.3) is 0 Å². The summed E-state index contributed by atoms with van der Waals surface area (Å²) in [7, 11) is 1.72. The fraction of sp³-hybridized carbons (Fsp3) is 0.895. The molecule has 7 heteroatoms. The largest absolute Gasteiger partial charge is 0.465 e. The molecule has 0 bridgehead atoms. The molecule has 26 heavy (non-hydrogen) atoms. The van der Waals surface area contributed by atoms with Crippen molar-refractivity contribution in [2.75, 3.05) is 39.8 Å².